The van der Waals surface area contributed by atoms with E-state index in [1.54, 1.807) is 6.92 Å². The minimum absolute atomic E-state index is 0.298. The lowest BCUT2D eigenvalue weighted by molar-refractivity contribution is 0.235. The Morgan fingerprint density at radius 3 is 2.70 bits per heavy atom. The number of rotatable bonds is 2. The van der Waals surface area contributed by atoms with Crippen LogP contribution in [0.2, 0.25) is 0 Å². The number of allylic oxidation sites excluding steroid dienone is 2. The van der Waals surface area contributed by atoms with Gasteiger partial charge in [0.15, 0.2) is 0 Å². The zero-order chi connectivity index (χ0) is 7.56. The van der Waals surface area contributed by atoms with Gasteiger partial charge in [-0.15, -0.1) is 0 Å². The molecule has 0 fully saturated rings. The van der Waals surface area contributed by atoms with Gasteiger partial charge in [-0.2, -0.15) is 0 Å². The van der Waals surface area contributed by atoms with Crippen LogP contribution in [0.4, 0.5) is 0 Å². The van der Waals surface area contributed by atoms with E-state index in [1.165, 1.54) is 0 Å². The summed E-state index contributed by atoms with van der Waals surface area (Å²) in [5.74, 6) is 0.560. The van der Waals surface area contributed by atoms with Crippen molar-refractivity contribution in [3.8, 4) is 0 Å². The Kier molecular flexibility index (Phi) is 2.28. The summed E-state index contributed by atoms with van der Waals surface area (Å²) in [6.07, 6.45) is 7.12. The zero-order valence-corrected chi connectivity index (χ0v) is 6.54. The first-order chi connectivity index (χ1) is 4.74. The van der Waals surface area contributed by atoms with Crippen LogP contribution in [0.1, 0.15) is 20.3 Å². The van der Waals surface area contributed by atoms with Gasteiger partial charge in [0.05, 0.1) is 6.10 Å². The molecule has 0 spiro atoms. The summed E-state index contributed by atoms with van der Waals surface area (Å²) >= 11 is 0. The minimum Gasteiger partial charge on any atom is -0.389 e. The molecule has 0 bridgehead atoms. The molecule has 1 aliphatic rings. The maximum absolute atomic E-state index is 9.15. The minimum atomic E-state index is -0.298. The Labute approximate surface area is 62.1 Å². The van der Waals surface area contributed by atoms with Crippen molar-refractivity contribution < 1.29 is 5.11 Å². The van der Waals surface area contributed by atoms with Crippen LogP contribution in [-0.2, 0) is 0 Å². The SMILES string of the molecule is CCC1C=CC(C(C)O)=C1. The Balaban J connectivity index is 2.59. The molecule has 0 aromatic carbocycles. The van der Waals surface area contributed by atoms with Crippen molar-refractivity contribution in [2.45, 2.75) is 26.4 Å². The number of hydrogen-bond donors (Lipinski definition) is 1. The van der Waals surface area contributed by atoms with Gasteiger partial charge in [0, 0.05) is 0 Å². The molecule has 56 valence electrons. The molecule has 1 nitrogen and oxygen atoms in total. The summed E-state index contributed by atoms with van der Waals surface area (Å²) in [6, 6.07) is 0. The van der Waals surface area contributed by atoms with Gasteiger partial charge in [0.1, 0.15) is 0 Å². The van der Waals surface area contributed by atoms with E-state index < -0.39 is 0 Å². The van der Waals surface area contributed by atoms with Gasteiger partial charge in [-0.25, -0.2) is 0 Å². The quantitative estimate of drug-likeness (QED) is 0.617. The van der Waals surface area contributed by atoms with E-state index in [9.17, 15) is 0 Å². The Bertz CT molecular complexity index is 166. The van der Waals surface area contributed by atoms with Crippen molar-refractivity contribution in [2.24, 2.45) is 5.92 Å². The maximum atomic E-state index is 9.15. The maximum Gasteiger partial charge on any atom is 0.0758 e. The third-order valence-electron chi connectivity index (χ3n) is 1.90. The first kappa shape index (κ1) is 7.55. The largest absolute Gasteiger partial charge is 0.389 e. The van der Waals surface area contributed by atoms with Crippen molar-refractivity contribution in [3.63, 3.8) is 0 Å². The van der Waals surface area contributed by atoms with Crippen molar-refractivity contribution in [2.75, 3.05) is 0 Å². The molecule has 0 amide bonds. The summed E-state index contributed by atoms with van der Waals surface area (Å²) in [6.45, 7) is 3.95. The molecule has 1 rings (SSSR count). The van der Waals surface area contributed by atoms with E-state index in [0.29, 0.717) is 5.92 Å². The molecule has 2 atom stereocenters. The molecule has 10 heavy (non-hydrogen) atoms. The second-order valence-electron chi connectivity index (χ2n) is 2.77. The highest BCUT2D eigenvalue weighted by molar-refractivity contribution is 5.31. The van der Waals surface area contributed by atoms with Crippen LogP contribution in [0.5, 0.6) is 0 Å². The van der Waals surface area contributed by atoms with Gasteiger partial charge < -0.3 is 5.11 Å². The molecule has 0 aromatic heterocycles. The summed E-state index contributed by atoms with van der Waals surface area (Å²) < 4.78 is 0. The smallest absolute Gasteiger partial charge is 0.0758 e. The van der Waals surface area contributed by atoms with E-state index in [4.69, 9.17) is 5.11 Å². The van der Waals surface area contributed by atoms with Crippen LogP contribution < -0.4 is 0 Å². The lowest BCUT2D eigenvalue weighted by Crippen LogP contribution is -2.00. The average Bonchev–Trinajstić information content (AvgIpc) is 2.34. The fourth-order valence-electron chi connectivity index (χ4n) is 1.13. The van der Waals surface area contributed by atoms with Gasteiger partial charge >= 0.3 is 0 Å². The van der Waals surface area contributed by atoms with E-state index in [2.05, 4.69) is 19.1 Å². The molecule has 2 unspecified atom stereocenters. The summed E-state index contributed by atoms with van der Waals surface area (Å²) in [7, 11) is 0. The van der Waals surface area contributed by atoms with E-state index in [1.807, 2.05) is 6.08 Å². The molecule has 0 radical (unpaired) electrons. The molecule has 1 aliphatic carbocycles. The Morgan fingerprint density at radius 2 is 2.40 bits per heavy atom. The van der Waals surface area contributed by atoms with Crippen LogP contribution in [0, 0.1) is 5.92 Å². The fourth-order valence-corrected chi connectivity index (χ4v) is 1.13. The third-order valence-corrected chi connectivity index (χ3v) is 1.90. The standard InChI is InChI=1S/C9H14O/c1-3-8-4-5-9(6-8)7(2)10/h4-8,10H,3H2,1-2H3. The topological polar surface area (TPSA) is 20.2 Å². The molecule has 0 heterocycles. The molecular formula is C9H14O. The molecule has 0 aromatic rings. The molecule has 0 saturated carbocycles. The first-order valence-electron chi connectivity index (χ1n) is 3.82. The molecule has 0 aliphatic heterocycles. The number of hydrogen-bond acceptors (Lipinski definition) is 1. The van der Waals surface area contributed by atoms with Crippen molar-refractivity contribution in [1.82, 2.24) is 0 Å². The van der Waals surface area contributed by atoms with Crippen LogP contribution in [0.3, 0.4) is 0 Å². The van der Waals surface area contributed by atoms with Crippen LogP contribution in [-0.4, -0.2) is 11.2 Å². The number of aliphatic hydroxyl groups excluding tert-OH is 1. The molecular weight excluding hydrogens is 124 g/mol. The highest BCUT2D eigenvalue weighted by Crippen LogP contribution is 2.20. The highest BCUT2D eigenvalue weighted by atomic mass is 16.3. The normalized spacial score (nSPS) is 26.7. The third kappa shape index (κ3) is 1.48. The Morgan fingerprint density at radius 1 is 1.70 bits per heavy atom. The predicted octanol–water partition coefficient (Wildman–Crippen LogP) is 1.89. The monoisotopic (exact) mass is 138 g/mol. The van der Waals surface area contributed by atoms with Gasteiger partial charge in [0.2, 0.25) is 0 Å². The highest BCUT2D eigenvalue weighted by Gasteiger charge is 2.09. The van der Waals surface area contributed by atoms with Crippen LogP contribution in [0.15, 0.2) is 23.8 Å². The van der Waals surface area contributed by atoms with Crippen molar-refractivity contribution in [1.29, 1.82) is 0 Å². The van der Waals surface area contributed by atoms with E-state index in [-0.39, 0.29) is 6.10 Å². The van der Waals surface area contributed by atoms with Gasteiger partial charge in [-0.05, 0) is 24.8 Å². The fraction of sp³-hybridized carbons (Fsp3) is 0.556. The lowest BCUT2D eigenvalue weighted by Gasteiger charge is -2.01. The predicted molar refractivity (Wildman–Crippen MR) is 42.7 cm³/mol. The lowest BCUT2D eigenvalue weighted by atomic mass is 10.1. The molecule has 0 saturated heterocycles. The summed E-state index contributed by atoms with van der Waals surface area (Å²) in [5.41, 5.74) is 1.06. The van der Waals surface area contributed by atoms with Crippen molar-refractivity contribution in [3.05, 3.63) is 23.8 Å². The molecule has 1 N–H and O–H groups in total. The zero-order valence-electron chi connectivity index (χ0n) is 6.54. The Hall–Kier alpha value is -0.560. The van der Waals surface area contributed by atoms with Crippen LogP contribution in [0.25, 0.3) is 0 Å². The summed E-state index contributed by atoms with van der Waals surface area (Å²) in [4.78, 5) is 0. The van der Waals surface area contributed by atoms with Crippen LogP contribution >= 0.6 is 0 Å². The van der Waals surface area contributed by atoms with Gasteiger partial charge in [-0.1, -0.05) is 25.2 Å². The van der Waals surface area contributed by atoms with Gasteiger partial charge in [-0.3, -0.25) is 0 Å². The second kappa shape index (κ2) is 3.02. The average molecular weight is 138 g/mol. The van der Waals surface area contributed by atoms with Gasteiger partial charge in [0.25, 0.3) is 0 Å². The summed E-state index contributed by atoms with van der Waals surface area (Å²) in [5, 5.41) is 9.15. The van der Waals surface area contributed by atoms with E-state index in [0.717, 1.165) is 12.0 Å². The van der Waals surface area contributed by atoms with Crippen molar-refractivity contribution >= 4 is 0 Å². The molecule has 1 heteroatoms. The second-order valence-corrected chi connectivity index (χ2v) is 2.77. The van der Waals surface area contributed by atoms with E-state index >= 15 is 0 Å². The first-order valence-corrected chi connectivity index (χ1v) is 3.82. The number of aliphatic hydroxyl groups is 1.